The fourth-order valence-corrected chi connectivity index (χ4v) is 4.00. The van der Waals surface area contributed by atoms with Gasteiger partial charge in [0.25, 0.3) is 0 Å². The Labute approximate surface area is 196 Å². The molecule has 1 aliphatic rings. The second-order valence-corrected chi connectivity index (χ2v) is 9.48. The van der Waals surface area contributed by atoms with Gasteiger partial charge in [-0.2, -0.15) is 0 Å². The second kappa shape index (κ2) is 11.4. The number of hydrogen-bond acceptors (Lipinski definition) is 7. The minimum absolute atomic E-state index is 0.0379. The molecule has 1 N–H and O–H groups in total. The number of para-hydroxylation sites is 1. The Bertz CT molecular complexity index is 954. The average molecular weight is 456 g/mol. The Kier molecular flexibility index (Phi) is 8.61. The SMILES string of the molecule is COC(=O)[C@@H](Nc1nc(CN2CCN(C(=O)CCC(C)C)CC2)nc2ccccc12)C(C)C. The first kappa shape index (κ1) is 24.9. The fraction of sp³-hybridized carbons (Fsp3) is 0.600. The first-order valence-electron chi connectivity index (χ1n) is 11.9. The number of methoxy groups -OCH3 is 1. The van der Waals surface area contributed by atoms with E-state index < -0.39 is 6.04 Å². The number of nitrogens with one attached hydrogen (secondary N) is 1. The largest absolute Gasteiger partial charge is 0.467 e. The van der Waals surface area contributed by atoms with Crippen LogP contribution in [-0.2, 0) is 20.9 Å². The zero-order chi connectivity index (χ0) is 24.0. The summed E-state index contributed by atoms with van der Waals surface area (Å²) in [7, 11) is 1.40. The third-order valence-electron chi connectivity index (χ3n) is 6.09. The molecule has 8 nitrogen and oxygen atoms in total. The predicted molar refractivity (Wildman–Crippen MR) is 130 cm³/mol. The summed E-state index contributed by atoms with van der Waals surface area (Å²) in [6.07, 6.45) is 1.56. The highest BCUT2D eigenvalue weighted by Crippen LogP contribution is 2.23. The van der Waals surface area contributed by atoms with Crippen molar-refractivity contribution < 1.29 is 14.3 Å². The van der Waals surface area contributed by atoms with Gasteiger partial charge in [-0.15, -0.1) is 0 Å². The molecule has 1 aromatic heterocycles. The number of piperazine rings is 1. The van der Waals surface area contributed by atoms with Crippen molar-refractivity contribution in [3.8, 4) is 0 Å². The Morgan fingerprint density at radius 3 is 2.39 bits per heavy atom. The third-order valence-corrected chi connectivity index (χ3v) is 6.09. The number of ether oxygens (including phenoxy) is 1. The number of fused-ring (bicyclic) bond motifs is 1. The summed E-state index contributed by atoms with van der Waals surface area (Å²) in [6, 6.07) is 7.30. The van der Waals surface area contributed by atoms with Crippen molar-refractivity contribution in [2.24, 2.45) is 11.8 Å². The molecule has 0 bridgehead atoms. The smallest absolute Gasteiger partial charge is 0.328 e. The minimum Gasteiger partial charge on any atom is -0.467 e. The normalized spacial score (nSPS) is 15.8. The summed E-state index contributed by atoms with van der Waals surface area (Å²) < 4.78 is 4.98. The summed E-state index contributed by atoms with van der Waals surface area (Å²) in [6.45, 7) is 11.9. The van der Waals surface area contributed by atoms with Gasteiger partial charge in [0.1, 0.15) is 17.7 Å². The van der Waals surface area contributed by atoms with E-state index in [-0.39, 0.29) is 17.8 Å². The lowest BCUT2D eigenvalue weighted by atomic mass is 10.0. The molecule has 1 amide bonds. The maximum absolute atomic E-state index is 12.4. The van der Waals surface area contributed by atoms with Crippen LogP contribution in [0.5, 0.6) is 0 Å². The van der Waals surface area contributed by atoms with Gasteiger partial charge >= 0.3 is 5.97 Å². The number of carbonyl (C=O) groups excluding carboxylic acids is 2. The number of amides is 1. The van der Waals surface area contributed by atoms with Crippen LogP contribution in [-0.4, -0.2) is 71.0 Å². The van der Waals surface area contributed by atoms with Crippen molar-refractivity contribution in [3.63, 3.8) is 0 Å². The van der Waals surface area contributed by atoms with Gasteiger partial charge in [0, 0.05) is 38.0 Å². The lowest BCUT2D eigenvalue weighted by Crippen LogP contribution is -2.48. The third kappa shape index (κ3) is 6.63. The highest BCUT2D eigenvalue weighted by Gasteiger charge is 2.25. The molecule has 1 fully saturated rings. The van der Waals surface area contributed by atoms with Crippen LogP contribution in [0.2, 0.25) is 0 Å². The van der Waals surface area contributed by atoms with Crippen molar-refractivity contribution in [2.45, 2.75) is 53.1 Å². The number of hydrogen-bond donors (Lipinski definition) is 1. The highest BCUT2D eigenvalue weighted by atomic mass is 16.5. The van der Waals surface area contributed by atoms with Gasteiger partial charge in [-0.1, -0.05) is 39.8 Å². The Hall–Kier alpha value is -2.74. The molecule has 0 radical (unpaired) electrons. The van der Waals surface area contributed by atoms with E-state index in [9.17, 15) is 9.59 Å². The molecule has 1 aliphatic heterocycles. The van der Waals surface area contributed by atoms with E-state index in [1.165, 1.54) is 7.11 Å². The Morgan fingerprint density at radius 1 is 1.06 bits per heavy atom. The molecule has 0 saturated carbocycles. The molecular formula is C25H37N5O3. The summed E-state index contributed by atoms with van der Waals surface area (Å²) in [5.74, 6) is 1.85. The molecule has 2 aromatic rings. The average Bonchev–Trinajstić information content (AvgIpc) is 2.80. The number of esters is 1. The molecule has 33 heavy (non-hydrogen) atoms. The first-order valence-corrected chi connectivity index (χ1v) is 11.9. The van der Waals surface area contributed by atoms with Crippen LogP contribution < -0.4 is 5.32 Å². The molecular weight excluding hydrogens is 418 g/mol. The summed E-state index contributed by atoms with van der Waals surface area (Å²) >= 11 is 0. The molecule has 0 aliphatic carbocycles. The lowest BCUT2D eigenvalue weighted by Gasteiger charge is -2.34. The van der Waals surface area contributed by atoms with Crippen LogP contribution in [0.3, 0.4) is 0 Å². The van der Waals surface area contributed by atoms with E-state index in [1.807, 2.05) is 43.0 Å². The second-order valence-electron chi connectivity index (χ2n) is 9.48. The Balaban J connectivity index is 1.72. The highest BCUT2D eigenvalue weighted by molar-refractivity contribution is 5.91. The molecule has 3 rings (SSSR count). The predicted octanol–water partition coefficient (Wildman–Crippen LogP) is 3.32. The van der Waals surface area contributed by atoms with Crippen molar-refractivity contribution >= 4 is 28.6 Å². The van der Waals surface area contributed by atoms with Gasteiger partial charge < -0.3 is 15.0 Å². The van der Waals surface area contributed by atoms with Gasteiger partial charge in [-0.25, -0.2) is 14.8 Å². The van der Waals surface area contributed by atoms with Gasteiger partial charge in [0.2, 0.25) is 5.91 Å². The van der Waals surface area contributed by atoms with E-state index in [1.54, 1.807) is 0 Å². The maximum Gasteiger partial charge on any atom is 0.328 e. The van der Waals surface area contributed by atoms with Crippen molar-refractivity contribution in [1.29, 1.82) is 0 Å². The van der Waals surface area contributed by atoms with Crippen LogP contribution in [0, 0.1) is 11.8 Å². The molecule has 1 saturated heterocycles. The lowest BCUT2D eigenvalue weighted by molar-refractivity contribution is -0.142. The van der Waals surface area contributed by atoms with E-state index >= 15 is 0 Å². The standard InChI is InChI=1S/C25H37N5O3/c1-17(2)10-11-22(31)30-14-12-29(13-15-30)16-21-26-20-9-7-6-8-19(20)24(27-21)28-23(18(3)4)25(32)33-5/h6-9,17-18,23H,10-16H2,1-5H3,(H,26,27,28)/t23-/m0/s1. The molecule has 0 spiro atoms. The molecule has 0 unspecified atom stereocenters. The van der Waals surface area contributed by atoms with Crippen molar-refractivity contribution in [3.05, 3.63) is 30.1 Å². The zero-order valence-electron chi connectivity index (χ0n) is 20.5. The summed E-state index contributed by atoms with van der Waals surface area (Å²) in [4.78, 5) is 38.5. The van der Waals surface area contributed by atoms with Gasteiger partial charge in [-0.05, 0) is 30.4 Å². The van der Waals surface area contributed by atoms with Crippen molar-refractivity contribution in [2.75, 3.05) is 38.6 Å². The number of nitrogens with zero attached hydrogens (tertiary/aromatic N) is 4. The number of rotatable bonds is 9. The van der Waals surface area contributed by atoms with Gasteiger partial charge in [0.05, 0.1) is 19.2 Å². The van der Waals surface area contributed by atoms with Crippen LogP contribution >= 0.6 is 0 Å². The molecule has 2 heterocycles. The number of anilines is 1. The number of benzene rings is 1. The Morgan fingerprint density at radius 2 is 1.76 bits per heavy atom. The van der Waals surface area contributed by atoms with E-state index in [0.29, 0.717) is 30.5 Å². The van der Waals surface area contributed by atoms with Crippen LogP contribution in [0.4, 0.5) is 5.82 Å². The topological polar surface area (TPSA) is 87.7 Å². The quantitative estimate of drug-likeness (QED) is 0.580. The molecule has 8 heteroatoms. The van der Waals surface area contributed by atoms with Crippen molar-refractivity contribution in [1.82, 2.24) is 19.8 Å². The maximum atomic E-state index is 12.4. The van der Waals surface area contributed by atoms with E-state index in [4.69, 9.17) is 14.7 Å². The van der Waals surface area contributed by atoms with Crippen LogP contribution in [0.1, 0.15) is 46.4 Å². The minimum atomic E-state index is -0.499. The first-order chi connectivity index (χ1) is 15.8. The van der Waals surface area contributed by atoms with Crippen LogP contribution in [0.15, 0.2) is 24.3 Å². The monoisotopic (exact) mass is 455 g/mol. The number of carbonyl (C=O) groups is 2. The molecule has 1 aromatic carbocycles. The summed E-state index contributed by atoms with van der Waals surface area (Å²) in [5.41, 5.74) is 0.833. The number of aromatic nitrogens is 2. The fourth-order valence-electron chi connectivity index (χ4n) is 4.00. The molecule has 1 atom stereocenters. The van der Waals surface area contributed by atoms with E-state index in [0.717, 1.165) is 43.5 Å². The molecule has 180 valence electrons. The van der Waals surface area contributed by atoms with Crippen LogP contribution in [0.25, 0.3) is 10.9 Å². The van der Waals surface area contributed by atoms with Gasteiger partial charge in [0.15, 0.2) is 0 Å². The summed E-state index contributed by atoms with van der Waals surface area (Å²) in [5, 5.41) is 4.17. The zero-order valence-corrected chi connectivity index (χ0v) is 20.5. The van der Waals surface area contributed by atoms with Gasteiger partial charge in [-0.3, -0.25) is 9.69 Å². The van der Waals surface area contributed by atoms with E-state index in [2.05, 4.69) is 24.1 Å².